The van der Waals surface area contributed by atoms with Crippen LogP contribution in [0.1, 0.15) is 40.9 Å². The maximum atomic E-state index is 5.72. The van der Waals surface area contributed by atoms with E-state index in [4.69, 9.17) is 10.7 Å². The quantitative estimate of drug-likeness (QED) is 0.862. The molecule has 0 saturated carbocycles. The minimum absolute atomic E-state index is 0.827. The Morgan fingerprint density at radius 2 is 2.11 bits per heavy atom. The van der Waals surface area contributed by atoms with Gasteiger partial charge in [0.05, 0.1) is 10.7 Å². The lowest BCUT2D eigenvalue weighted by Gasteiger charge is -2.18. The van der Waals surface area contributed by atoms with Crippen molar-refractivity contribution in [2.24, 2.45) is 5.92 Å². The molecule has 3 rings (SSSR count). The van der Waals surface area contributed by atoms with Gasteiger partial charge in [-0.05, 0) is 42.9 Å². The van der Waals surface area contributed by atoms with Gasteiger partial charge in [0.2, 0.25) is 0 Å². The standard InChI is InChI=1S/C16H20N2S/c1-2-11-5-8-14-15(9-11)19-16(18-14)10-12-3-6-13(17)7-4-12/h3-4,6-7,11H,2,5,8-10,17H2,1H3. The lowest BCUT2D eigenvalue weighted by molar-refractivity contribution is 0.446. The summed E-state index contributed by atoms with van der Waals surface area (Å²) >= 11 is 1.91. The number of hydrogen-bond acceptors (Lipinski definition) is 3. The zero-order chi connectivity index (χ0) is 13.2. The number of nitrogens with two attached hydrogens (primary N) is 1. The predicted octanol–water partition coefficient (Wildman–Crippen LogP) is 3.83. The molecule has 0 fully saturated rings. The van der Waals surface area contributed by atoms with Crippen molar-refractivity contribution in [2.45, 2.75) is 39.0 Å². The molecule has 1 aromatic carbocycles. The number of nitrogen functional groups attached to an aromatic ring is 1. The normalized spacial score (nSPS) is 18.3. The second-order valence-electron chi connectivity index (χ2n) is 5.41. The molecule has 0 saturated heterocycles. The lowest BCUT2D eigenvalue weighted by Crippen LogP contribution is -2.11. The van der Waals surface area contributed by atoms with Crippen LogP contribution in [-0.4, -0.2) is 4.98 Å². The van der Waals surface area contributed by atoms with Crippen molar-refractivity contribution in [2.75, 3.05) is 5.73 Å². The second kappa shape index (κ2) is 5.33. The fourth-order valence-corrected chi connectivity index (χ4v) is 3.99. The minimum Gasteiger partial charge on any atom is -0.399 e. The molecule has 1 atom stereocenters. The number of anilines is 1. The zero-order valence-corrected chi connectivity index (χ0v) is 12.2. The van der Waals surface area contributed by atoms with Gasteiger partial charge in [-0.2, -0.15) is 0 Å². The number of hydrogen-bond donors (Lipinski definition) is 1. The number of benzene rings is 1. The van der Waals surface area contributed by atoms with Crippen LogP contribution >= 0.6 is 11.3 Å². The third kappa shape index (κ3) is 2.81. The fourth-order valence-electron chi connectivity index (χ4n) is 2.73. The Labute approximate surface area is 118 Å². The van der Waals surface area contributed by atoms with E-state index in [2.05, 4.69) is 19.1 Å². The van der Waals surface area contributed by atoms with Crippen LogP contribution < -0.4 is 5.73 Å². The van der Waals surface area contributed by atoms with Crippen LogP contribution in [0.5, 0.6) is 0 Å². The summed E-state index contributed by atoms with van der Waals surface area (Å²) in [6, 6.07) is 8.14. The van der Waals surface area contributed by atoms with E-state index in [0.717, 1.165) is 18.0 Å². The summed E-state index contributed by atoms with van der Waals surface area (Å²) in [5, 5.41) is 1.26. The summed E-state index contributed by atoms with van der Waals surface area (Å²) in [5.74, 6) is 0.873. The van der Waals surface area contributed by atoms with Crippen LogP contribution in [0.4, 0.5) is 5.69 Å². The first kappa shape index (κ1) is 12.7. The maximum Gasteiger partial charge on any atom is 0.0974 e. The van der Waals surface area contributed by atoms with Crippen molar-refractivity contribution in [1.29, 1.82) is 0 Å². The van der Waals surface area contributed by atoms with E-state index >= 15 is 0 Å². The van der Waals surface area contributed by atoms with Gasteiger partial charge in [-0.1, -0.05) is 25.5 Å². The third-order valence-corrected chi connectivity index (χ3v) is 5.12. The summed E-state index contributed by atoms with van der Waals surface area (Å²) in [4.78, 5) is 6.36. The molecule has 1 aliphatic carbocycles. The third-order valence-electron chi connectivity index (χ3n) is 4.00. The highest BCUT2D eigenvalue weighted by Crippen LogP contribution is 2.32. The van der Waals surface area contributed by atoms with E-state index in [-0.39, 0.29) is 0 Å². The van der Waals surface area contributed by atoms with Crippen LogP contribution in [0, 0.1) is 5.92 Å². The maximum absolute atomic E-state index is 5.72. The SMILES string of the molecule is CCC1CCc2nc(Cc3ccc(N)cc3)sc2C1. The van der Waals surface area contributed by atoms with Gasteiger partial charge >= 0.3 is 0 Å². The molecule has 1 unspecified atom stereocenters. The van der Waals surface area contributed by atoms with Crippen molar-refractivity contribution in [3.63, 3.8) is 0 Å². The Bertz CT molecular complexity index is 557. The van der Waals surface area contributed by atoms with E-state index in [0.29, 0.717) is 0 Å². The highest BCUT2D eigenvalue weighted by atomic mass is 32.1. The first-order valence-corrected chi connectivity index (χ1v) is 7.88. The van der Waals surface area contributed by atoms with Crippen LogP contribution in [0.25, 0.3) is 0 Å². The fraction of sp³-hybridized carbons (Fsp3) is 0.438. The Kier molecular flexibility index (Phi) is 3.56. The number of fused-ring (bicyclic) bond motifs is 1. The molecule has 100 valence electrons. The molecular weight excluding hydrogens is 252 g/mol. The molecule has 1 aromatic heterocycles. The molecule has 0 bridgehead atoms. The summed E-state index contributed by atoms with van der Waals surface area (Å²) in [6.45, 7) is 2.30. The smallest absolute Gasteiger partial charge is 0.0974 e. The molecular formula is C16H20N2S. The van der Waals surface area contributed by atoms with E-state index in [9.17, 15) is 0 Å². The molecule has 0 radical (unpaired) electrons. The molecule has 2 N–H and O–H groups in total. The van der Waals surface area contributed by atoms with Crippen molar-refractivity contribution in [1.82, 2.24) is 4.98 Å². The van der Waals surface area contributed by atoms with Crippen LogP contribution in [0.3, 0.4) is 0 Å². The number of aryl methyl sites for hydroxylation is 1. The first-order valence-electron chi connectivity index (χ1n) is 7.06. The minimum atomic E-state index is 0.827. The van der Waals surface area contributed by atoms with E-state index in [1.807, 2.05) is 23.5 Å². The molecule has 0 amide bonds. The first-order chi connectivity index (χ1) is 9.24. The summed E-state index contributed by atoms with van der Waals surface area (Å²) in [7, 11) is 0. The summed E-state index contributed by atoms with van der Waals surface area (Å²) in [6.07, 6.45) is 5.96. The van der Waals surface area contributed by atoms with Gasteiger partial charge in [0.25, 0.3) is 0 Å². The topological polar surface area (TPSA) is 38.9 Å². The van der Waals surface area contributed by atoms with E-state index in [1.165, 1.54) is 46.8 Å². The Morgan fingerprint density at radius 3 is 2.84 bits per heavy atom. The Morgan fingerprint density at radius 1 is 1.32 bits per heavy atom. The molecule has 0 spiro atoms. The average Bonchev–Trinajstić information content (AvgIpc) is 2.82. The average molecular weight is 272 g/mol. The van der Waals surface area contributed by atoms with E-state index in [1.54, 1.807) is 0 Å². The largest absolute Gasteiger partial charge is 0.399 e. The lowest BCUT2D eigenvalue weighted by atomic mass is 9.89. The highest BCUT2D eigenvalue weighted by Gasteiger charge is 2.21. The summed E-state index contributed by atoms with van der Waals surface area (Å²) < 4.78 is 0. The summed E-state index contributed by atoms with van der Waals surface area (Å²) in [5.41, 5.74) is 9.20. The van der Waals surface area contributed by atoms with Gasteiger partial charge in [-0.25, -0.2) is 4.98 Å². The van der Waals surface area contributed by atoms with Crippen LogP contribution in [0.2, 0.25) is 0 Å². The number of thiazole rings is 1. The Balaban J connectivity index is 1.76. The molecule has 3 heteroatoms. The van der Waals surface area contributed by atoms with Gasteiger partial charge in [0.1, 0.15) is 0 Å². The van der Waals surface area contributed by atoms with Crippen LogP contribution in [-0.2, 0) is 19.3 Å². The number of rotatable bonds is 3. The molecule has 2 aromatic rings. The highest BCUT2D eigenvalue weighted by molar-refractivity contribution is 7.11. The van der Waals surface area contributed by atoms with Crippen molar-refractivity contribution in [3.8, 4) is 0 Å². The van der Waals surface area contributed by atoms with Crippen molar-refractivity contribution in [3.05, 3.63) is 45.4 Å². The molecule has 19 heavy (non-hydrogen) atoms. The van der Waals surface area contributed by atoms with Crippen molar-refractivity contribution >= 4 is 17.0 Å². The van der Waals surface area contributed by atoms with Crippen molar-refractivity contribution < 1.29 is 0 Å². The Hall–Kier alpha value is -1.35. The number of nitrogens with zero attached hydrogens (tertiary/aromatic N) is 1. The molecule has 1 heterocycles. The van der Waals surface area contributed by atoms with Gasteiger partial charge in [-0.3, -0.25) is 0 Å². The molecule has 1 aliphatic rings. The van der Waals surface area contributed by atoms with Gasteiger partial charge in [0, 0.05) is 17.0 Å². The zero-order valence-electron chi connectivity index (χ0n) is 11.4. The monoisotopic (exact) mass is 272 g/mol. The van der Waals surface area contributed by atoms with Gasteiger partial charge < -0.3 is 5.73 Å². The van der Waals surface area contributed by atoms with Gasteiger partial charge in [0.15, 0.2) is 0 Å². The van der Waals surface area contributed by atoms with Crippen LogP contribution in [0.15, 0.2) is 24.3 Å². The molecule has 0 aliphatic heterocycles. The second-order valence-corrected chi connectivity index (χ2v) is 6.58. The number of aromatic nitrogens is 1. The van der Waals surface area contributed by atoms with E-state index < -0.39 is 0 Å². The van der Waals surface area contributed by atoms with Gasteiger partial charge in [-0.15, -0.1) is 11.3 Å². The molecule has 2 nitrogen and oxygen atoms in total. The predicted molar refractivity (Wildman–Crippen MR) is 81.6 cm³/mol.